The standard InChI is InChI=1S/C25H23N3O3S/c29-24(16-28-21-8-3-4-9-22(21)31-12-11-25(28)30)27-15-19(23-10-5-13-32-23)18-14-26-20-7-2-1-6-17(18)20/h1-10,13-14,19,26H,11-12,15-16H2,(H,27,29)/t19-/m1/s1. The molecule has 4 aromatic rings. The lowest BCUT2D eigenvalue weighted by Crippen LogP contribution is -2.41. The lowest BCUT2D eigenvalue weighted by Gasteiger charge is -2.22. The van der Waals surface area contributed by atoms with E-state index in [1.165, 1.54) is 9.78 Å². The Bertz CT molecular complexity index is 1250. The second-order valence-corrected chi connectivity index (χ2v) is 8.69. The fourth-order valence-electron chi connectivity index (χ4n) is 4.14. The van der Waals surface area contributed by atoms with E-state index in [-0.39, 0.29) is 30.7 Å². The zero-order chi connectivity index (χ0) is 21.9. The average molecular weight is 446 g/mol. The first-order chi connectivity index (χ1) is 15.7. The average Bonchev–Trinajstić information content (AvgIpc) is 3.46. The van der Waals surface area contributed by atoms with E-state index in [4.69, 9.17) is 4.74 Å². The van der Waals surface area contributed by atoms with Gasteiger partial charge in [-0.3, -0.25) is 14.5 Å². The lowest BCUT2D eigenvalue weighted by molar-refractivity contribution is -0.123. The highest BCUT2D eigenvalue weighted by atomic mass is 32.1. The first kappa shape index (κ1) is 20.3. The van der Waals surface area contributed by atoms with Crippen molar-refractivity contribution < 1.29 is 14.3 Å². The zero-order valence-electron chi connectivity index (χ0n) is 17.4. The number of nitrogens with one attached hydrogen (secondary N) is 2. The zero-order valence-corrected chi connectivity index (χ0v) is 18.2. The number of thiophene rings is 1. The number of nitrogens with zero attached hydrogens (tertiary/aromatic N) is 1. The van der Waals surface area contributed by atoms with E-state index in [2.05, 4.69) is 22.4 Å². The van der Waals surface area contributed by atoms with E-state index in [0.717, 1.165) is 16.5 Å². The van der Waals surface area contributed by atoms with Crippen molar-refractivity contribution >= 4 is 39.7 Å². The maximum atomic E-state index is 12.9. The van der Waals surface area contributed by atoms with E-state index < -0.39 is 0 Å². The van der Waals surface area contributed by atoms with Gasteiger partial charge in [-0.25, -0.2) is 0 Å². The van der Waals surface area contributed by atoms with E-state index in [9.17, 15) is 9.59 Å². The van der Waals surface area contributed by atoms with Crippen LogP contribution in [0.15, 0.2) is 72.2 Å². The third kappa shape index (κ3) is 3.99. The molecule has 7 heteroatoms. The molecule has 2 aromatic heterocycles. The van der Waals surface area contributed by atoms with E-state index in [1.807, 2.05) is 60.1 Å². The van der Waals surface area contributed by atoms with Crippen molar-refractivity contribution in [2.24, 2.45) is 0 Å². The van der Waals surface area contributed by atoms with Crippen LogP contribution in [0.5, 0.6) is 5.75 Å². The summed E-state index contributed by atoms with van der Waals surface area (Å²) >= 11 is 1.67. The van der Waals surface area contributed by atoms with Gasteiger partial charge < -0.3 is 15.0 Å². The van der Waals surface area contributed by atoms with Gasteiger partial charge in [0.2, 0.25) is 11.8 Å². The third-order valence-electron chi connectivity index (χ3n) is 5.72. The van der Waals surface area contributed by atoms with Crippen LogP contribution in [0.2, 0.25) is 0 Å². The van der Waals surface area contributed by atoms with Crippen LogP contribution in [-0.4, -0.2) is 36.5 Å². The number of hydrogen-bond donors (Lipinski definition) is 2. The van der Waals surface area contributed by atoms with Crippen LogP contribution >= 0.6 is 11.3 Å². The summed E-state index contributed by atoms with van der Waals surface area (Å²) in [6.07, 6.45) is 2.27. The Balaban J connectivity index is 1.35. The molecule has 0 spiro atoms. The molecule has 2 aromatic carbocycles. The van der Waals surface area contributed by atoms with Crippen LogP contribution in [0.3, 0.4) is 0 Å². The highest BCUT2D eigenvalue weighted by molar-refractivity contribution is 7.10. The first-order valence-electron chi connectivity index (χ1n) is 10.6. The quantitative estimate of drug-likeness (QED) is 0.465. The molecular formula is C25H23N3O3S. The molecule has 0 radical (unpaired) electrons. The van der Waals surface area contributed by atoms with Crippen LogP contribution in [0.25, 0.3) is 10.9 Å². The molecule has 2 amide bonds. The van der Waals surface area contributed by atoms with Gasteiger partial charge in [0.15, 0.2) is 0 Å². The number of para-hydroxylation sites is 3. The van der Waals surface area contributed by atoms with Gasteiger partial charge in [-0.2, -0.15) is 0 Å². The molecule has 5 rings (SSSR count). The molecule has 1 atom stereocenters. The van der Waals surface area contributed by atoms with Crippen molar-refractivity contribution in [1.82, 2.24) is 10.3 Å². The summed E-state index contributed by atoms with van der Waals surface area (Å²) in [5.41, 5.74) is 2.85. The number of fused-ring (bicyclic) bond motifs is 2. The van der Waals surface area contributed by atoms with Crippen LogP contribution in [0, 0.1) is 0 Å². The highest BCUT2D eigenvalue weighted by Crippen LogP contribution is 2.33. The number of H-pyrrole nitrogens is 1. The third-order valence-corrected chi connectivity index (χ3v) is 6.70. The highest BCUT2D eigenvalue weighted by Gasteiger charge is 2.26. The molecule has 162 valence electrons. The minimum Gasteiger partial charge on any atom is -0.491 e. The van der Waals surface area contributed by atoms with E-state index in [0.29, 0.717) is 24.6 Å². The Labute approximate surface area is 189 Å². The molecule has 2 N–H and O–H groups in total. The van der Waals surface area contributed by atoms with Gasteiger partial charge in [0.1, 0.15) is 12.3 Å². The number of anilines is 1. The normalized spacial score (nSPS) is 14.5. The van der Waals surface area contributed by atoms with Gasteiger partial charge in [-0.05, 0) is 35.2 Å². The molecule has 32 heavy (non-hydrogen) atoms. The number of aromatic amines is 1. The van der Waals surface area contributed by atoms with E-state index in [1.54, 1.807) is 11.3 Å². The number of aromatic nitrogens is 1. The van der Waals surface area contributed by atoms with Gasteiger partial charge in [-0.15, -0.1) is 11.3 Å². The molecule has 3 heterocycles. The van der Waals surface area contributed by atoms with Crippen LogP contribution in [0.1, 0.15) is 22.8 Å². The Morgan fingerprint density at radius 3 is 2.84 bits per heavy atom. The second-order valence-electron chi connectivity index (χ2n) is 7.71. The number of carbonyl (C=O) groups excluding carboxylic acids is 2. The van der Waals surface area contributed by atoms with Crippen molar-refractivity contribution in [1.29, 1.82) is 0 Å². The summed E-state index contributed by atoms with van der Waals surface area (Å²) in [5, 5.41) is 6.26. The molecule has 1 aliphatic heterocycles. The molecule has 1 aliphatic rings. The van der Waals surface area contributed by atoms with Gasteiger partial charge in [0.25, 0.3) is 0 Å². The molecule has 0 saturated heterocycles. The summed E-state index contributed by atoms with van der Waals surface area (Å²) in [5.74, 6) is 0.333. The Morgan fingerprint density at radius 2 is 1.97 bits per heavy atom. The SMILES string of the molecule is O=C(CN1C(=O)CCOc2ccccc21)NC[C@@H](c1cccs1)c1c[nH]c2ccccc12. The Kier molecular flexibility index (Phi) is 5.64. The molecular weight excluding hydrogens is 422 g/mol. The predicted molar refractivity (Wildman–Crippen MR) is 126 cm³/mol. The number of ether oxygens (including phenoxy) is 1. The predicted octanol–water partition coefficient (Wildman–Crippen LogP) is 4.29. The summed E-state index contributed by atoms with van der Waals surface area (Å²) in [7, 11) is 0. The van der Waals surface area contributed by atoms with Crippen LogP contribution in [-0.2, 0) is 9.59 Å². The first-order valence-corrected chi connectivity index (χ1v) is 11.5. The molecule has 0 bridgehead atoms. The van der Waals surface area contributed by atoms with Crippen molar-refractivity contribution in [3.05, 3.63) is 82.7 Å². The number of amides is 2. The summed E-state index contributed by atoms with van der Waals surface area (Å²) < 4.78 is 5.67. The summed E-state index contributed by atoms with van der Waals surface area (Å²) in [6.45, 7) is 0.723. The summed E-state index contributed by atoms with van der Waals surface area (Å²) in [6, 6.07) is 19.6. The van der Waals surface area contributed by atoms with Gasteiger partial charge in [0.05, 0.1) is 18.7 Å². The van der Waals surface area contributed by atoms with Crippen molar-refractivity contribution in [3.8, 4) is 5.75 Å². The summed E-state index contributed by atoms with van der Waals surface area (Å²) in [4.78, 5) is 31.6. The van der Waals surface area contributed by atoms with Gasteiger partial charge in [0, 0.05) is 34.4 Å². The molecule has 6 nitrogen and oxygen atoms in total. The lowest BCUT2D eigenvalue weighted by atomic mass is 9.96. The molecule has 0 fully saturated rings. The minimum absolute atomic E-state index is 0.0190. The van der Waals surface area contributed by atoms with Crippen molar-refractivity contribution in [3.63, 3.8) is 0 Å². The smallest absolute Gasteiger partial charge is 0.240 e. The molecule has 0 saturated carbocycles. The number of benzene rings is 2. The van der Waals surface area contributed by atoms with Crippen molar-refractivity contribution in [2.45, 2.75) is 12.3 Å². The fourth-order valence-corrected chi connectivity index (χ4v) is 4.99. The molecule has 0 unspecified atom stereocenters. The second kappa shape index (κ2) is 8.88. The van der Waals surface area contributed by atoms with Crippen LogP contribution in [0.4, 0.5) is 5.69 Å². The molecule has 0 aliphatic carbocycles. The largest absolute Gasteiger partial charge is 0.491 e. The monoisotopic (exact) mass is 445 g/mol. The van der Waals surface area contributed by atoms with E-state index >= 15 is 0 Å². The van der Waals surface area contributed by atoms with Gasteiger partial charge in [-0.1, -0.05) is 36.4 Å². The Morgan fingerprint density at radius 1 is 1.12 bits per heavy atom. The number of hydrogen-bond acceptors (Lipinski definition) is 4. The topological polar surface area (TPSA) is 74.4 Å². The van der Waals surface area contributed by atoms with Crippen LogP contribution < -0.4 is 15.0 Å². The maximum absolute atomic E-state index is 12.9. The number of rotatable bonds is 6. The van der Waals surface area contributed by atoms with Gasteiger partial charge >= 0.3 is 0 Å². The number of carbonyl (C=O) groups is 2. The maximum Gasteiger partial charge on any atom is 0.240 e. The Hall–Kier alpha value is -3.58. The fraction of sp³-hybridized carbons (Fsp3) is 0.200. The minimum atomic E-state index is -0.198. The van der Waals surface area contributed by atoms with Crippen molar-refractivity contribution in [2.75, 3.05) is 24.6 Å².